The van der Waals surface area contributed by atoms with Gasteiger partial charge in [0.15, 0.2) is 0 Å². The molecular formula is C17H34N2. The fourth-order valence-corrected chi connectivity index (χ4v) is 4.01. The van der Waals surface area contributed by atoms with Crippen molar-refractivity contribution in [3.8, 4) is 0 Å². The number of hydrogen-bond donors (Lipinski definition) is 1. The van der Waals surface area contributed by atoms with Crippen LogP contribution in [-0.4, -0.2) is 37.6 Å². The average Bonchev–Trinajstić information content (AvgIpc) is 2.96. The largest absolute Gasteiger partial charge is 0.315 e. The molecule has 0 aliphatic heterocycles. The van der Waals surface area contributed by atoms with Crippen molar-refractivity contribution in [2.45, 2.75) is 58.9 Å². The molecule has 0 aromatic carbocycles. The zero-order chi connectivity index (χ0) is 13.8. The lowest BCUT2D eigenvalue weighted by Crippen LogP contribution is -2.41. The van der Waals surface area contributed by atoms with Gasteiger partial charge in [-0.15, -0.1) is 0 Å². The van der Waals surface area contributed by atoms with Crippen LogP contribution in [0.4, 0.5) is 0 Å². The lowest BCUT2D eigenvalue weighted by atomic mass is 9.88. The van der Waals surface area contributed by atoms with E-state index in [9.17, 15) is 0 Å². The highest BCUT2D eigenvalue weighted by Gasteiger charge is 2.39. The van der Waals surface area contributed by atoms with E-state index in [1.165, 1.54) is 38.8 Å². The van der Waals surface area contributed by atoms with Crippen molar-refractivity contribution >= 4 is 0 Å². The van der Waals surface area contributed by atoms with Crippen LogP contribution in [0.25, 0.3) is 0 Å². The summed E-state index contributed by atoms with van der Waals surface area (Å²) < 4.78 is 0. The quantitative estimate of drug-likeness (QED) is 0.678. The van der Waals surface area contributed by atoms with Gasteiger partial charge in [-0.05, 0) is 69.9 Å². The first-order valence-electron chi connectivity index (χ1n) is 8.47. The van der Waals surface area contributed by atoms with Crippen LogP contribution in [0.3, 0.4) is 0 Å². The first-order chi connectivity index (χ1) is 9.06. The molecule has 2 heteroatoms. The van der Waals surface area contributed by atoms with Gasteiger partial charge in [-0.25, -0.2) is 0 Å². The molecule has 0 spiro atoms. The number of nitrogens with one attached hydrogen (secondary N) is 1. The second-order valence-corrected chi connectivity index (χ2v) is 7.61. The normalized spacial score (nSPS) is 31.6. The minimum absolute atomic E-state index is 0.672. The summed E-state index contributed by atoms with van der Waals surface area (Å²) in [5.41, 5.74) is 0. The summed E-state index contributed by atoms with van der Waals surface area (Å²) in [5, 5.41) is 3.61. The summed E-state index contributed by atoms with van der Waals surface area (Å²) in [7, 11) is 2.32. The maximum atomic E-state index is 3.61. The first kappa shape index (κ1) is 15.3. The van der Waals surface area contributed by atoms with Gasteiger partial charge in [-0.3, -0.25) is 0 Å². The van der Waals surface area contributed by atoms with Crippen molar-refractivity contribution in [2.24, 2.45) is 23.7 Å². The van der Waals surface area contributed by atoms with E-state index in [2.05, 4.69) is 38.0 Å². The fourth-order valence-electron chi connectivity index (χ4n) is 4.01. The molecule has 2 bridgehead atoms. The third-order valence-electron chi connectivity index (χ3n) is 5.50. The van der Waals surface area contributed by atoms with Crippen LogP contribution < -0.4 is 5.32 Å². The Morgan fingerprint density at radius 1 is 1.16 bits per heavy atom. The Morgan fingerprint density at radius 3 is 2.53 bits per heavy atom. The lowest BCUT2D eigenvalue weighted by molar-refractivity contribution is 0.178. The molecule has 2 saturated carbocycles. The zero-order valence-corrected chi connectivity index (χ0v) is 13.5. The highest BCUT2D eigenvalue weighted by molar-refractivity contribution is 4.91. The van der Waals surface area contributed by atoms with Gasteiger partial charge in [-0.2, -0.15) is 0 Å². The summed E-state index contributed by atoms with van der Waals surface area (Å²) in [6.07, 6.45) is 7.40. The number of rotatable bonds is 8. The van der Waals surface area contributed by atoms with Crippen molar-refractivity contribution in [2.75, 3.05) is 26.7 Å². The highest BCUT2D eigenvalue weighted by Crippen LogP contribution is 2.48. The third-order valence-corrected chi connectivity index (χ3v) is 5.50. The van der Waals surface area contributed by atoms with E-state index in [-0.39, 0.29) is 0 Å². The minimum atomic E-state index is 0.672. The third kappa shape index (κ3) is 4.46. The molecule has 0 aromatic heterocycles. The van der Waals surface area contributed by atoms with Gasteiger partial charge in [0.25, 0.3) is 0 Å². The van der Waals surface area contributed by atoms with Gasteiger partial charge < -0.3 is 10.2 Å². The van der Waals surface area contributed by atoms with Crippen LogP contribution in [0.1, 0.15) is 52.9 Å². The van der Waals surface area contributed by atoms with Crippen LogP contribution >= 0.6 is 0 Å². The smallest absolute Gasteiger partial charge is 0.0189 e. The highest BCUT2D eigenvalue weighted by atomic mass is 15.1. The maximum Gasteiger partial charge on any atom is 0.0189 e. The molecule has 0 saturated heterocycles. The standard InChI is InChI=1S/C17H34N2/c1-13(2)7-8-18-11-14(3)19(4)12-17-10-15-5-6-16(17)9-15/h13-18H,5-12H2,1-4H3. The lowest BCUT2D eigenvalue weighted by Gasteiger charge is -2.31. The molecule has 19 heavy (non-hydrogen) atoms. The van der Waals surface area contributed by atoms with E-state index in [0.717, 1.165) is 30.2 Å². The van der Waals surface area contributed by atoms with E-state index in [1.54, 1.807) is 6.42 Å². The predicted molar refractivity (Wildman–Crippen MR) is 83.4 cm³/mol. The molecule has 2 rings (SSSR count). The predicted octanol–water partition coefficient (Wildman–Crippen LogP) is 3.38. The number of fused-ring (bicyclic) bond motifs is 2. The molecule has 4 atom stereocenters. The molecule has 2 aliphatic carbocycles. The van der Waals surface area contributed by atoms with E-state index in [1.807, 2.05) is 0 Å². The van der Waals surface area contributed by atoms with Gasteiger partial charge in [0.2, 0.25) is 0 Å². The molecule has 2 fully saturated rings. The topological polar surface area (TPSA) is 15.3 Å². The van der Waals surface area contributed by atoms with Crippen molar-refractivity contribution in [3.63, 3.8) is 0 Å². The number of hydrogen-bond acceptors (Lipinski definition) is 2. The second kappa shape index (κ2) is 7.08. The Balaban J connectivity index is 1.61. The zero-order valence-electron chi connectivity index (χ0n) is 13.5. The molecule has 0 amide bonds. The molecule has 112 valence electrons. The fraction of sp³-hybridized carbons (Fsp3) is 1.00. The molecular weight excluding hydrogens is 232 g/mol. The Morgan fingerprint density at radius 2 is 1.95 bits per heavy atom. The monoisotopic (exact) mass is 266 g/mol. The molecule has 2 nitrogen and oxygen atoms in total. The Kier molecular flexibility index (Phi) is 5.70. The van der Waals surface area contributed by atoms with Gasteiger partial charge in [0.05, 0.1) is 0 Å². The Labute approximate surface area is 120 Å². The van der Waals surface area contributed by atoms with Crippen molar-refractivity contribution in [1.29, 1.82) is 0 Å². The van der Waals surface area contributed by atoms with Crippen molar-refractivity contribution in [1.82, 2.24) is 10.2 Å². The van der Waals surface area contributed by atoms with E-state index in [0.29, 0.717) is 6.04 Å². The summed E-state index contributed by atoms with van der Waals surface area (Å²) >= 11 is 0. The Hall–Kier alpha value is -0.0800. The Bertz CT molecular complexity index is 264. The van der Waals surface area contributed by atoms with Crippen LogP contribution in [-0.2, 0) is 0 Å². The van der Waals surface area contributed by atoms with Crippen LogP contribution in [0.2, 0.25) is 0 Å². The van der Waals surface area contributed by atoms with Crippen LogP contribution in [0.5, 0.6) is 0 Å². The summed E-state index contributed by atoms with van der Waals surface area (Å²) in [4.78, 5) is 2.59. The van der Waals surface area contributed by atoms with E-state index >= 15 is 0 Å². The van der Waals surface area contributed by atoms with Gasteiger partial charge in [0, 0.05) is 19.1 Å². The van der Waals surface area contributed by atoms with E-state index in [4.69, 9.17) is 0 Å². The molecule has 1 N–H and O–H groups in total. The summed E-state index contributed by atoms with van der Waals surface area (Å²) in [6.45, 7) is 10.6. The van der Waals surface area contributed by atoms with E-state index < -0.39 is 0 Å². The first-order valence-corrected chi connectivity index (χ1v) is 8.47. The van der Waals surface area contributed by atoms with Crippen LogP contribution in [0, 0.1) is 23.7 Å². The van der Waals surface area contributed by atoms with Gasteiger partial charge in [0.1, 0.15) is 0 Å². The molecule has 4 unspecified atom stereocenters. The molecule has 0 radical (unpaired) electrons. The SMILES string of the molecule is CC(C)CCNCC(C)N(C)CC1CC2CCC1C2. The maximum absolute atomic E-state index is 3.61. The molecule has 0 aromatic rings. The summed E-state index contributed by atoms with van der Waals surface area (Å²) in [6, 6.07) is 0.672. The van der Waals surface area contributed by atoms with Crippen molar-refractivity contribution in [3.05, 3.63) is 0 Å². The second-order valence-electron chi connectivity index (χ2n) is 7.61. The minimum Gasteiger partial charge on any atom is -0.315 e. The summed E-state index contributed by atoms with van der Waals surface area (Å²) in [5.74, 6) is 3.97. The number of nitrogens with zero attached hydrogens (tertiary/aromatic N) is 1. The van der Waals surface area contributed by atoms with Crippen molar-refractivity contribution < 1.29 is 0 Å². The molecule has 2 aliphatic rings. The number of likely N-dealkylation sites (N-methyl/N-ethyl adjacent to an activating group) is 1. The van der Waals surface area contributed by atoms with Crippen LogP contribution in [0.15, 0.2) is 0 Å². The average molecular weight is 266 g/mol. The van der Waals surface area contributed by atoms with Gasteiger partial charge >= 0.3 is 0 Å². The van der Waals surface area contributed by atoms with Gasteiger partial charge in [-0.1, -0.05) is 20.3 Å². The molecule has 0 heterocycles.